The number of Topliss-reactive ketones (excluding diaryl/α,β-unsaturated/α-hetero) is 1. The molecular weight excluding hydrogens is 342 g/mol. The monoisotopic (exact) mass is 363 g/mol. The van der Waals surface area contributed by atoms with Crippen molar-refractivity contribution in [3.63, 3.8) is 0 Å². The number of carbonyl (C=O) groups is 2. The summed E-state index contributed by atoms with van der Waals surface area (Å²) in [7, 11) is 4.64. The molecule has 0 bridgehead atoms. The summed E-state index contributed by atoms with van der Waals surface area (Å²) in [6.45, 7) is 0.273. The lowest BCUT2D eigenvalue weighted by molar-refractivity contribution is -0.121. The second-order valence-corrected chi connectivity index (χ2v) is 6.14. The molecule has 1 aromatic carbocycles. The van der Waals surface area contributed by atoms with E-state index in [-0.39, 0.29) is 31.1 Å². The van der Waals surface area contributed by atoms with E-state index in [1.165, 1.54) is 11.3 Å². The number of thiophene rings is 1. The molecule has 1 aromatic heterocycles. The number of amides is 1. The van der Waals surface area contributed by atoms with E-state index in [0.29, 0.717) is 22.1 Å². The van der Waals surface area contributed by atoms with Gasteiger partial charge in [0.05, 0.1) is 26.2 Å². The Morgan fingerprint density at radius 3 is 2.28 bits per heavy atom. The van der Waals surface area contributed by atoms with Gasteiger partial charge in [0.15, 0.2) is 17.3 Å². The van der Waals surface area contributed by atoms with Crippen molar-refractivity contribution in [1.29, 1.82) is 0 Å². The number of rotatable bonds is 9. The predicted molar refractivity (Wildman–Crippen MR) is 95.8 cm³/mol. The Morgan fingerprint density at radius 1 is 1.00 bits per heavy atom. The first-order valence-corrected chi connectivity index (χ1v) is 8.59. The van der Waals surface area contributed by atoms with Crippen LogP contribution in [-0.4, -0.2) is 33.0 Å². The lowest BCUT2D eigenvalue weighted by Crippen LogP contribution is -2.23. The third-order valence-electron chi connectivity index (χ3n) is 3.64. The molecule has 7 heteroatoms. The fraction of sp³-hybridized carbons (Fsp3) is 0.333. The summed E-state index contributed by atoms with van der Waals surface area (Å²) < 4.78 is 15.8. The largest absolute Gasteiger partial charge is 0.496 e. The number of ether oxygens (including phenoxy) is 3. The predicted octanol–water partition coefficient (Wildman–Crippen LogP) is 3.05. The first kappa shape index (κ1) is 18.8. The van der Waals surface area contributed by atoms with E-state index < -0.39 is 0 Å². The molecular formula is C18H21NO5S. The molecule has 134 valence electrons. The quantitative estimate of drug-likeness (QED) is 0.693. The summed E-state index contributed by atoms with van der Waals surface area (Å²) in [5.41, 5.74) is 0.762. The molecule has 25 heavy (non-hydrogen) atoms. The Balaban J connectivity index is 1.93. The van der Waals surface area contributed by atoms with Crippen LogP contribution in [0, 0.1) is 0 Å². The second kappa shape index (κ2) is 9.08. The minimum Gasteiger partial charge on any atom is -0.496 e. The van der Waals surface area contributed by atoms with E-state index >= 15 is 0 Å². The van der Waals surface area contributed by atoms with E-state index in [9.17, 15) is 9.59 Å². The average molecular weight is 363 g/mol. The van der Waals surface area contributed by atoms with Crippen molar-refractivity contribution in [2.75, 3.05) is 21.3 Å². The van der Waals surface area contributed by atoms with Crippen LogP contribution in [0.5, 0.6) is 17.2 Å². The third-order valence-corrected chi connectivity index (χ3v) is 4.55. The van der Waals surface area contributed by atoms with Crippen LogP contribution in [0.3, 0.4) is 0 Å². The molecule has 1 amide bonds. The smallest absolute Gasteiger partial charge is 0.220 e. The molecule has 0 saturated heterocycles. The lowest BCUT2D eigenvalue weighted by Gasteiger charge is -2.14. The van der Waals surface area contributed by atoms with Crippen LogP contribution in [0.15, 0.2) is 29.6 Å². The van der Waals surface area contributed by atoms with Crippen LogP contribution >= 0.6 is 11.3 Å². The van der Waals surface area contributed by atoms with Crippen molar-refractivity contribution in [1.82, 2.24) is 5.32 Å². The Labute approximate surface area is 150 Å². The van der Waals surface area contributed by atoms with Crippen molar-refractivity contribution < 1.29 is 23.8 Å². The summed E-state index contributed by atoms with van der Waals surface area (Å²) in [5, 5.41) is 4.64. The molecule has 0 saturated carbocycles. The minimum atomic E-state index is -0.193. The molecule has 0 aliphatic rings. The summed E-state index contributed by atoms with van der Waals surface area (Å²) >= 11 is 1.38. The van der Waals surface area contributed by atoms with Crippen LogP contribution in [0.25, 0.3) is 0 Å². The number of hydrogen-bond acceptors (Lipinski definition) is 6. The zero-order chi connectivity index (χ0) is 18.2. The van der Waals surface area contributed by atoms with Gasteiger partial charge in [-0.3, -0.25) is 9.59 Å². The number of hydrogen-bond donors (Lipinski definition) is 1. The highest BCUT2D eigenvalue weighted by atomic mass is 32.1. The van der Waals surface area contributed by atoms with Crippen molar-refractivity contribution in [2.45, 2.75) is 19.4 Å². The molecule has 2 rings (SSSR count). The van der Waals surface area contributed by atoms with Crippen LogP contribution in [0.4, 0.5) is 0 Å². The van der Waals surface area contributed by atoms with Gasteiger partial charge in [0, 0.05) is 31.0 Å². The maximum atomic E-state index is 12.0. The van der Waals surface area contributed by atoms with Gasteiger partial charge >= 0.3 is 0 Å². The molecule has 0 radical (unpaired) electrons. The fourth-order valence-electron chi connectivity index (χ4n) is 2.30. The highest BCUT2D eigenvalue weighted by Crippen LogP contribution is 2.34. The molecule has 0 unspecified atom stereocenters. The van der Waals surface area contributed by atoms with Crippen molar-refractivity contribution in [3.05, 3.63) is 40.1 Å². The SMILES string of the molecule is COc1cc(OC)c(OC)cc1CNC(=O)CCC(=O)c1cccs1. The zero-order valence-corrected chi connectivity index (χ0v) is 15.3. The maximum absolute atomic E-state index is 12.0. The Morgan fingerprint density at radius 2 is 1.68 bits per heavy atom. The summed E-state index contributed by atoms with van der Waals surface area (Å²) in [6, 6.07) is 7.05. The molecule has 1 heterocycles. The van der Waals surface area contributed by atoms with Gasteiger partial charge in [-0.25, -0.2) is 0 Å². The maximum Gasteiger partial charge on any atom is 0.220 e. The van der Waals surface area contributed by atoms with Gasteiger partial charge in [-0.15, -0.1) is 11.3 Å². The Bertz CT molecular complexity index is 727. The molecule has 1 N–H and O–H groups in total. The van der Waals surface area contributed by atoms with E-state index in [1.807, 2.05) is 11.4 Å². The van der Waals surface area contributed by atoms with E-state index in [1.54, 1.807) is 39.5 Å². The van der Waals surface area contributed by atoms with Gasteiger partial charge in [-0.2, -0.15) is 0 Å². The first-order chi connectivity index (χ1) is 12.1. The first-order valence-electron chi connectivity index (χ1n) is 7.71. The van der Waals surface area contributed by atoms with E-state index in [4.69, 9.17) is 14.2 Å². The fourth-order valence-corrected chi connectivity index (χ4v) is 2.99. The van der Waals surface area contributed by atoms with Crippen molar-refractivity contribution in [2.24, 2.45) is 0 Å². The number of benzene rings is 1. The average Bonchev–Trinajstić information content (AvgIpc) is 3.18. The molecule has 0 atom stereocenters. The summed E-state index contributed by atoms with van der Waals surface area (Å²) in [6.07, 6.45) is 0.335. The van der Waals surface area contributed by atoms with Gasteiger partial charge in [0.25, 0.3) is 0 Å². The van der Waals surface area contributed by atoms with Gasteiger partial charge in [0.1, 0.15) is 5.75 Å². The molecule has 0 spiro atoms. The van der Waals surface area contributed by atoms with Crippen LogP contribution < -0.4 is 19.5 Å². The zero-order valence-electron chi connectivity index (χ0n) is 14.5. The summed E-state index contributed by atoms with van der Waals surface area (Å²) in [5.74, 6) is 1.49. The van der Waals surface area contributed by atoms with E-state index in [2.05, 4.69) is 5.32 Å². The number of nitrogens with one attached hydrogen (secondary N) is 1. The molecule has 0 aliphatic heterocycles. The molecule has 6 nitrogen and oxygen atoms in total. The number of carbonyl (C=O) groups excluding carboxylic acids is 2. The Kier molecular flexibility index (Phi) is 6.82. The van der Waals surface area contributed by atoms with Crippen molar-refractivity contribution >= 4 is 23.0 Å². The highest BCUT2D eigenvalue weighted by molar-refractivity contribution is 7.12. The highest BCUT2D eigenvalue weighted by Gasteiger charge is 2.14. The molecule has 0 aliphatic carbocycles. The normalized spacial score (nSPS) is 10.2. The van der Waals surface area contributed by atoms with Gasteiger partial charge < -0.3 is 19.5 Å². The van der Waals surface area contributed by atoms with Crippen molar-refractivity contribution in [3.8, 4) is 17.2 Å². The van der Waals surface area contributed by atoms with Gasteiger partial charge in [-0.1, -0.05) is 6.07 Å². The Hall–Kier alpha value is -2.54. The van der Waals surface area contributed by atoms with Crippen LogP contribution in [0.2, 0.25) is 0 Å². The topological polar surface area (TPSA) is 73.9 Å². The standard InChI is InChI=1S/C18H21NO5S/c1-22-14-10-16(24-3)15(23-2)9-12(14)11-19-18(21)7-6-13(20)17-5-4-8-25-17/h4-5,8-10H,6-7,11H2,1-3H3,(H,19,21). The minimum absolute atomic E-state index is 0.0196. The van der Waals surface area contributed by atoms with Gasteiger partial charge in [-0.05, 0) is 17.5 Å². The second-order valence-electron chi connectivity index (χ2n) is 5.20. The van der Waals surface area contributed by atoms with Crippen LogP contribution in [0.1, 0.15) is 28.1 Å². The van der Waals surface area contributed by atoms with E-state index in [0.717, 1.165) is 5.56 Å². The molecule has 2 aromatic rings. The third kappa shape index (κ3) is 4.96. The molecule has 0 fully saturated rings. The van der Waals surface area contributed by atoms with Crippen LogP contribution in [-0.2, 0) is 11.3 Å². The number of ketones is 1. The van der Waals surface area contributed by atoms with Gasteiger partial charge in [0.2, 0.25) is 5.91 Å². The number of methoxy groups -OCH3 is 3. The lowest BCUT2D eigenvalue weighted by atomic mass is 10.1. The summed E-state index contributed by atoms with van der Waals surface area (Å²) in [4.78, 5) is 24.6.